The molecule has 0 amide bonds. The van der Waals surface area contributed by atoms with Crippen molar-refractivity contribution in [3.05, 3.63) is 35.1 Å². The quantitative estimate of drug-likeness (QED) is 0.845. The van der Waals surface area contributed by atoms with Gasteiger partial charge in [-0.3, -0.25) is 0 Å². The number of ether oxygens (including phenoxy) is 1. The maximum atomic E-state index is 13.1. The number of nitriles is 1. The molecular formula is C13H14FNO3S. The molecule has 1 aliphatic heterocycles. The molecule has 1 fully saturated rings. The first-order chi connectivity index (χ1) is 9.00. The Labute approximate surface area is 111 Å². The summed E-state index contributed by atoms with van der Waals surface area (Å²) in [7, 11) is -3.31. The molecule has 1 aliphatic rings. The molecule has 4 nitrogen and oxygen atoms in total. The first-order valence-electron chi connectivity index (χ1n) is 6.01. The Balaban J connectivity index is 2.09. The van der Waals surface area contributed by atoms with Crippen LogP contribution in [0.2, 0.25) is 0 Å². The molecule has 0 radical (unpaired) electrons. The highest BCUT2D eigenvalue weighted by molar-refractivity contribution is 7.90. The van der Waals surface area contributed by atoms with E-state index in [-0.39, 0.29) is 23.2 Å². The van der Waals surface area contributed by atoms with Crippen LogP contribution in [0.1, 0.15) is 24.0 Å². The second kappa shape index (κ2) is 5.68. The van der Waals surface area contributed by atoms with Crippen molar-refractivity contribution in [3.8, 4) is 6.07 Å². The van der Waals surface area contributed by atoms with Crippen molar-refractivity contribution in [3.63, 3.8) is 0 Å². The van der Waals surface area contributed by atoms with E-state index in [0.717, 1.165) is 18.9 Å². The zero-order valence-electron chi connectivity index (χ0n) is 10.3. The average Bonchev–Trinajstić information content (AvgIpc) is 2.83. The summed E-state index contributed by atoms with van der Waals surface area (Å²) in [5.41, 5.74) is 0.292. The molecule has 1 aromatic rings. The predicted molar refractivity (Wildman–Crippen MR) is 67.6 cm³/mol. The van der Waals surface area contributed by atoms with Gasteiger partial charge in [-0.1, -0.05) is 6.07 Å². The van der Waals surface area contributed by atoms with Crippen LogP contribution in [0.5, 0.6) is 0 Å². The van der Waals surface area contributed by atoms with E-state index in [2.05, 4.69) is 0 Å². The number of nitrogens with zero attached hydrogens (tertiary/aromatic N) is 1. The lowest BCUT2D eigenvalue weighted by atomic mass is 10.1. The molecule has 1 aromatic carbocycles. The Morgan fingerprint density at radius 3 is 2.89 bits per heavy atom. The van der Waals surface area contributed by atoms with Crippen molar-refractivity contribution in [2.24, 2.45) is 0 Å². The minimum Gasteiger partial charge on any atom is -0.377 e. The van der Waals surface area contributed by atoms with Crippen LogP contribution in [-0.2, 0) is 20.3 Å². The Morgan fingerprint density at radius 2 is 2.26 bits per heavy atom. The minimum atomic E-state index is -3.31. The lowest BCUT2D eigenvalue weighted by molar-refractivity contribution is 0.127. The van der Waals surface area contributed by atoms with Crippen LogP contribution in [0.25, 0.3) is 0 Å². The molecule has 1 unspecified atom stereocenters. The number of rotatable bonds is 4. The van der Waals surface area contributed by atoms with E-state index in [1.807, 2.05) is 0 Å². The Bertz CT molecular complexity index is 601. The second-order valence-corrected chi connectivity index (χ2v) is 6.72. The lowest BCUT2D eigenvalue weighted by Gasteiger charge is -2.10. The van der Waals surface area contributed by atoms with Crippen molar-refractivity contribution in [2.45, 2.75) is 24.7 Å². The molecule has 1 atom stereocenters. The van der Waals surface area contributed by atoms with E-state index in [0.29, 0.717) is 12.2 Å². The Morgan fingerprint density at radius 1 is 1.47 bits per heavy atom. The second-order valence-electron chi connectivity index (χ2n) is 4.62. The average molecular weight is 283 g/mol. The van der Waals surface area contributed by atoms with Gasteiger partial charge in [0.1, 0.15) is 11.9 Å². The van der Waals surface area contributed by atoms with E-state index in [9.17, 15) is 12.8 Å². The van der Waals surface area contributed by atoms with Gasteiger partial charge in [0, 0.05) is 6.61 Å². The van der Waals surface area contributed by atoms with Gasteiger partial charge in [0.05, 0.1) is 23.2 Å². The molecule has 19 heavy (non-hydrogen) atoms. The van der Waals surface area contributed by atoms with Crippen molar-refractivity contribution in [1.82, 2.24) is 0 Å². The Kier molecular flexibility index (Phi) is 4.17. The molecule has 0 aliphatic carbocycles. The van der Waals surface area contributed by atoms with Gasteiger partial charge in [-0.2, -0.15) is 5.26 Å². The number of sulfone groups is 1. The molecule has 0 saturated carbocycles. The summed E-state index contributed by atoms with van der Waals surface area (Å²) >= 11 is 0. The van der Waals surface area contributed by atoms with E-state index in [1.165, 1.54) is 12.1 Å². The summed E-state index contributed by atoms with van der Waals surface area (Å²) in [6.45, 7) is 0.606. The molecule has 0 N–H and O–H groups in total. The van der Waals surface area contributed by atoms with Crippen molar-refractivity contribution >= 4 is 9.84 Å². The van der Waals surface area contributed by atoms with Gasteiger partial charge in [-0.15, -0.1) is 0 Å². The summed E-state index contributed by atoms with van der Waals surface area (Å²) in [5.74, 6) is -0.851. The third-order valence-electron chi connectivity index (χ3n) is 3.00. The molecule has 0 bridgehead atoms. The maximum Gasteiger partial charge on any atom is 0.156 e. The van der Waals surface area contributed by atoms with E-state index < -0.39 is 15.7 Å². The molecule has 6 heteroatoms. The predicted octanol–water partition coefficient (Wildman–Crippen LogP) is 1.79. The standard InChI is InChI=1S/C13H14FNO3S/c14-13-4-3-10(6-11(13)7-15)8-19(16,17)9-12-2-1-5-18-12/h3-4,6,12H,1-2,5,8-9H2. The van der Waals surface area contributed by atoms with Crippen LogP contribution in [0.4, 0.5) is 4.39 Å². The van der Waals surface area contributed by atoms with Crippen LogP contribution >= 0.6 is 0 Å². The SMILES string of the molecule is N#Cc1cc(CS(=O)(=O)CC2CCCO2)ccc1F. The fraction of sp³-hybridized carbons (Fsp3) is 0.462. The lowest BCUT2D eigenvalue weighted by Crippen LogP contribution is -2.21. The Hall–Kier alpha value is -1.45. The number of halogens is 1. The molecule has 102 valence electrons. The van der Waals surface area contributed by atoms with Gasteiger partial charge in [-0.05, 0) is 30.5 Å². The van der Waals surface area contributed by atoms with Gasteiger partial charge in [-0.25, -0.2) is 12.8 Å². The summed E-state index contributed by atoms with van der Waals surface area (Å²) in [4.78, 5) is 0. The van der Waals surface area contributed by atoms with E-state index in [1.54, 1.807) is 6.07 Å². The summed E-state index contributed by atoms with van der Waals surface area (Å²) < 4.78 is 42.4. The van der Waals surface area contributed by atoms with Crippen LogP contribution < -0.4 is 0 Å². The highest BCUT2D eigenvalue weighted by Crippen LogP contribution is 2.17. The summed E-state index contributed by atoms with van der Waals surface area (Å²) in [6, 6.07) is 5.49. The van der Waals surface area contributed by atoms with Crippen LogP contribution in [0.3, 0.4) is 0 Å². The molecule has 2 rings (SSSR count). The zero-order chi connectivity index (χ0) is 13.9. The fourth-order valence-corrected chi connectivity index (χ4v) is 3.75. The molecular weight excluding hydrogens is 269 g/mol. The van der Waals surface area contributed by atoms with Gasteiger partial charge in [0.25, 0.3) is 0 Å². The van der Waals surface area contributed by atoms with Crippen molar-refractivity contribution in [2.75, 3.05) is 12.4 Å². The van der Waals surface area contributed by atoms with Crippen LogP contribution in [-0.4, -0.2) is 26.9 Å². The molecule has 0 spiro atoms. The normalized spacial score (nSPS) is 19.3. The van der Waals surface area contributed by atoms with Gasteiger partial charge in [0.15, 0.2) is 9.84 Å². The maximum absolute atomic E-state index is 13.1. The fourth-order valence-electron chi connectivity index (χ4n) is 2.12. The van der Waals surface area contributed by atoms with Crippen molar-refractivity contribution < 1.29 is 17.5 Å². The summed E-state index contributed by atoms with van der Waals surface area (Å²) in [5, 5.41) is 8.71. The van der Waals surface area contributed by atoms with Crippen LogP contribution in [0, 0.1) is 17.1 Å². The van der Waals surface area contributed by atoms with E-state index >= 15 is 0 Å². The van der Waals surface area contributed by atoms with Gasteiger partial charge >= 0.3 is 0 Å². The van der Waals surface area contributed by atoms with Crippen molar-refractivity contribution in [1.29, 1.82) is 5.26 Å². The monoisotopic (exact) mass is 283 g/mol. The van der Waals surface area contributed by atoms with Gasteiger partial charge in [0.2, 0.25) is 0 Å². The third kappa shape index (κ3) is 3.75. The number of benzene rings is 1. The highest BCUT2D eigenvalue weighted by Gasteiger charge is 2.23. The minimum absolute atomic E-state index is 0.0216. The first-order valence-corrected chi connectivity index (χ1v) is 7.83. The zero-order valence-corrected chi connectivity index (χ0v) is 11.1. The molecule has 1 heterocycles. The van der Waals surface area contributed by atoms with E-state index in [4.69, 9.17) is 10.00 Å². The topological polar surface area (TPSA) is 67.2 Å². The summed E-state index contributed by atoms with van der Waals surface area (Å²) in [6.07, 6.45) is 1.40. The number of hydrogen-bond donors (Lipinski definition) is 0. The van der Waals surface area contributed by atoms with Gasteiger partial charge < -0.3 is 4.74 Å². The van der Waals surface area contributed by atoms with Crippen LogP contribution in [0.15, 0.2) is 18.2 Å². The smallest absolute Gasteiger partial charge is 0.156 e. The largest absolute Gasteiger partial charge is 0.377 e. The number of hydrogen-bond acceptors (Lipinski definition) is 4. The highest BCUT2D eigenvalue weighted by atomic mass is 32.2. The third-order valence-corrected chi connectivity index (χ3v) is 4.65. The molecule has 0 aromatic heterocycles. The first kappa shape index (κ1) is 14.0. The molecule has 1 saturated heterocycles.